The van der Waals surface area contributed by atoms with Gasteiger partial charge < -0.3 is 9.64 Å². The zero-order valence-electron chi connectivity index (χ0n) is 15.6. The van der Waals surface area contributed by atoms with Gasteiger partial charge in [0.15, 0.2) is 0 Å². The monoisotopic (exact) mass is 391 g/mol. The van der Waals surface area contributed by atoms with Crippen molar-refractivity contribution in [2.75, 3.05) is 13.2 Å². The van der Waals surface area contributed by atoms with E-state index in [1.54, 1.807) is 0 Å². The summed E-state index contributed by atoms with van der Waals surface area (Å²) in [5.41, 5.74) is 4.59. The predicted octanol–water partition coefficient (Wildman–Crippen LogP) is 5.03. The standard InChI is InChI=1S/C24H22ClNO2/c25-21-12-10-20(11-13-21)24-22-9-5-4-8-19(22)14-15-26(24)23(27)17-28-16-18-6-2-1-3-7-18/h1-13,24H,14-17H2. The second kappa shape index (κ2) is 8.59. The van der Waals surface area contributed by atoms with E-state index in [0.29, 0.717) is 18.2 Å². The van der Waals surface area contributed by atoms with Crippen molar-refractivity contribution in [3.63, 3.8) is 0 Å². The van der Waals surface area contributed by atoms with Crippen molar-refractivity contribution in [2.24, 2.45) is 0 Å². The molecule has 142 valence electrons. The molecule has 1 unspecified atom stereocenters. The summed E-state index contributed by atoms with van der Waals surface area (Å²) in [6.45, 7) is 1.18. The van der Waals surface area contributed by atoms with Gasteiger partial charge in [-0.05, 0) is 40.8 Å². The van der Waals surface area contributed by atoms with Gasteiger partial charge in [0, 0.05) is 11.6 Å². The van der Waals surface area contributed by atoms with E-state index in [4.69, 9.17) is 16.3 Å². The zero-order valence-corrected chi connectivity index (χ0v) is 16.3. The fourth-order valence-electron chi connectivity index (χ4n) is 3.75. The van der Waals surface area contributed by atoms with Gasteiger partial charge in [0.1, 0.15) is 6.61 Å². The number of carbonyl (C=O) groups excluding carboxylic acids is 1. The molecule has 3 aromatic rings. The van der Waals surface area contributed by atoms with Gasteiger partial charge in [-0.3, -0.25) is 4.79 Å². The third-order valence-electron chi connectivity index (χ3n) is 5.13. The molecule has 0 aliphatic carbocycles. The number of halogens is 1. The fraction of sp³-hybridized carbons (Fsp3) is 0.208. The van der Waals surface area contributed by atoms with Crippen LogP contribution in [0.3, 0.4) is 0 Å². The Bertz CT molecular complexity index is 940. The van der Waals surface area contributed by atoms with Crippen LogP contribution in [-0.4, -0.2) is 24.0 Å². The van der Waals surface area contributed by atoms with E-state index < -0.39 is 0 Å². The molecule has 0 N–H and O–H groups in total. The Kier molecular flexibility index (Phi) is 5.75. The number of hydrogen-bond acceptors (Lipinski definition) is 2. The summed E-state index contributed by atoms with van der Waals surface area (Å²) in [6, 6.07) is 25.9. The van der Waals surface area contributed by atoms with E-state index in [2.05, 4.69) is 18.2 Å². The van der Waals surface area contributed by atoms with Gasteiger partial charge in [0.2, 0.25) is 5.91 Å². The summed E-state index contributed by atoms with van der Waals surface area (Å²) in [4.78, 5) is 15.0. The quantitative estimate of drug-likeness (QED) is 0.610. The van der Waals surface area contributed by atoms with E-state index >= 15 is 0 Å². The highest BCUT2D eigenvalue weighted by Crippen LogP contribution is 2.35. The lowest BCUT2D eigenvalue weighted by atomic mass is 9.88. The molecule has 1 aliphatic rings. The molecule has 4 rings (SSSR count). The molecule has 0 radical (unpaired) electrons. The van der Waals surface area contributed by atoms with Crippen molar-refractivity contribution < 1.29 is 9.53 Å². The second-order valence-electron chi connectivity index (χ2n) is 6.97. The first-order valence-electron chi connectivity index (χ1n) is 9.47. The van der Waals surface area contributed by atoms with Crippen LogP contribution in [0.25, 0.3) is 0 Å². The average Bonchev–Trinajstić information content (AvgIpc) is 2.74. The third kappa shape index (κ3) is 4.11. The largest absolute Gasteiger partial charge is 0.367 e. The van der Waals surface area contributed by atoms with Crippen molar-refractivity contribution in [2.45, 2.75) is 19.1 Å². The molecule has 1 atom stereocenters. The maximum absolute atomic E-state index is 13.0. The highest BCUT2D eigenvalue weighted by atomic mass is 35.5. The number of nitrogens with zero attached hydrogens (tertiary/aromatic N) is 1. The Morgan fingerprint density at radius 2 is 1.68 bits per heavy atom. The normalized spacial score (nSPS) is 15.9. The number of fused-ring (bicyclic) bond motifs is 1. The molecule has 0 aromatic heterocycles. The number of ether oxygens (including phenoxy) is 1. The van der Waals surface area contributed by atoms with Crippen LogP contribution in [0.2, 0.25) is 5.02 Å². The van der Waals surface area contributed by atoms with Crippen LogP contribution in [0.5, 0.6) is 0 Å². The van der Waals surface area contributed by atoms with Gasteiger partial charge in [-0.1, -0.05) is 78.3 Å². The molecule has 0 saturated heterocycles. The van der Waals surface area contributed by atoms with Crippen molar-refractivity contribution >= 4 is 17.5 Å². The summed E-state index contributed by atoms with van der Waals surface area (Å²) in [5.74, 6) is 0.00499. The molecule has 4 heteroatoms. The summed E-state index contributed by atoms with van der Waals surface area (Å²) in [5, 5.41) is 0.692. The number of benzene rings is 3. The Balaban J connectivity index is 1.54. The molecular weight excluding hydrogens is 370 g/mol. The third-order valence-corrected chi connectivity index (χ3v) is 5.38. The minimum atomic E-state index is -0.116. The molecule has 3 aromatic carbocycles. The molecule has 0 saturated carbocycles. The number of carbonyl (C=O) groups is 1. The van der Waals surface area contributed by atoms with Crippen LogP contribution in [0.15, 0.2) is 78.9 Å². The summed E-state index contributed by atoms with van der Waals surface area (Å²) in [7, 11) is 0. The molecule has 0 fully saturated rings. The highest BCUT2D eigenvalue weighted by Gasteiger charge is 2.31. The van der Waals surface area contributed by atoms with Gasteiger partial charge >= 0.3 is 0 Å². The van der Waals surface area contributed by atoms with Crippen LogP contribution < -0.4 is 0 Å². The second-order valence-corrected chi connectivity index (χ2v) is 7.40. The number of amides is 1. The lowest BCUT2D eigenvalue weighted by Gasteiger charge is -2.37. The minimum Gasteiger partial charge on any atom is -0.367 e. The van der Waals surface area contributed by atoms with Gasteiger partial charge in [0.05, 0.1) is 12.6 Å². The smallest absolute Gasteiger partial charge is 0.249 e. The van der Waals surface area contributed by atoms with Gasteiger partial charge in [-0.2, -0.15) is 0 Å². The fourth-order valence-corrected chi connectivity index (χ4v) is 3.88. The molecule has 0 bridgehead atoms. The van der Waals surface area contributed by atoms with Crippen molar-refractivity contribution in [3.05, 3.63) is 106 Å². The van der Waals surface area contributed by atoms with E-state index in [1.165, 1.54) is 11.1 Å². The Hall–Kier alpha value is -2.62. The molecular formula is C24H22ClNO2. The number of hydrogen-bond donors (Lipinski definition) is 0. The topological polar surface area (TPSA) is 29.5 Å². The first-order valence-corrected chi connectivity index (χ1v) is 9.84. The lowest BCUT2D eigenvalue weighted by Crippen LogP contribution is -2.42. The number of rotatable bonds is 5. The first-order chi connectivity index (χ1) is 13.7. The summed E-state index contributed by atoms with van der Waals surface area (Å²) < 4.78 is 5.71. The van der Waals surface area contributed by atoms with E-state index in [-0.39, 0.29) is 18.6 Å². The average molecular weight is 392 g/mol. The van der Waals surface area contributed by atoms with Crippen LogP contribution in [0, 0.1) is 0 Å². The van der Waals surface area contributed by atoms with Crippen LogP contribution >= 0.6 is 11.6 Å². The summed E-state index contributed by atoms with van der Waals surface area (Å²) in [6.07, 6.45) is 0.852. The highest BCUT2D eigenvalue weighted by molar-refractivity contribution is 6.30. The Morgan fingerprint density at radius 3 is 2.46 bits per heavy atom. The molecule has 1 aliphatic heterocycles. The van der Waals surface area contributed by atoms with E-state index in [9.17, 15) is 4.79 Å². The molecule has 28 heavy (non-hydrogen) atoms. The van der Waals surface area contributed by atoms with E-state index in [1.807, 2.05) is 65.6 Å². The Labute approximate surface area is 170 Å². The SMILES string of the molecule is O=C(COCc1ccccc1)N1CCc2ccccc2C1c1ccc(Cl)cc1. The molecule has 0 spiro atoms. The zero-order chi connectivity index (χ0) is 19.3. The maximum atomic E-state index is 13.0. The van der Waals surface area contributed by atoms with Crippen LogP contribution in [-0.2, 0) is 22.6 Å². The van der Waals surface area contributed by atoms with E-state index in [0.717, 1.165) is 17.5 Å². The van der Waals surface area contributed by atoms with Crippen molar-refractivity contribution in [1.82, 2.24) is 4.90 Å². The first kappa shape index (κ1) is 18.7. The predicted molar refractivity (Wildman–Crippen MR) is 111 cm³/mol. The molecule has 1 heterocycles. The van der Waals surface area contributed by atoms with Crippen molar-refractivity contribution in [3.8, 4) is 0 Å². The van der Waals surface area contributed by atoms with Gasteiger partial charge in [-0.15, -0.1) is 0 Å². The molecule has 3 nitrogen and oxygen atoms in total. The Morgan fingerprint density at radius 1 is 0.964 bits per heavy atom. The van der Waals surface area contributed by atoms with Crippen molar-refractivity contribution in [1.29, 1.82) is 0 Å². The van der Waals surface area contributed by atoms with Gasteiger partial charge in [0.25, 0.3) is 0 Å². The van der Waals surface area contributed by atoms with Crippen LogP contribution in [0.1, 0.15) is 28.3 Å². The van der Waals surface area contributed by atoms with Crippen LogP contribution in [0.4, 0.5) is 0 Å². The maximum Gasteiger partial charge on any atom is 0.249 e. The summed E-state index contributed by atoms with van der Waals surface area (Å²) >= 11 is 6.08. The minimum absolute atomic E-state index is 0.00499. The lowest BCUT2D eigenvalue weighted by molar-refractivity contribution is -0.138. The van der Waals surface area contributed by atoms with Gasteiger partial charge in [-0.25, -0.2) is 0 Å². The molecule has 1 amide bonds.